The molecule has 4 nitrogen and oxygen atoms in total. The van der Waals surface area contributed by atoms with Gasteiger partial charge in [-0.25, -0.2) is 0 Å². The van der Waals surface area contributed by atoms with Crippen molar-refractivity contribution in [1.82, 2.24) is 5.32 Å². The van der Waals surface area contributed by atoms with E-state index in [4.69, 9.17) is 4.74 Å². The van der Waals surface area contributed by atoms with E-state index in [-0.39, 0.29) is 29.3 Å². The summed E-state index contributed by atoms with van der Waals surface area (Å²) in [4.78, 5) is 24.6. The van der Waals surface area contributed by atoms with Crippen molar-refractivity contribution in [2.45, 2.75) is 58.1 Å². The molecule has 2 atom stereocenters. The Kier molecular flexibility index (Phi) is 5.94. The SMILES string of the molecule is COC1CCC(NC(=O)CC(C)(C)CC(=O)c2ccccc2)C1. The fraction of sp³-hybridized carbons (Fsp3) is 0.579. The van der Waals surface area contributed by atoms with Crippen LogP contribution in [0.5, 0.6) is 0 Å². The van der Waals surface area contributed by atoms with Crippen LogP contribution < -0.4 is 5.32 Å². The van der Waals surface area contributed by atoms with Gasteiger partial charge in [-0.1, -0.05) is 44.2 Å². The smallest absolute Gasteiger partial charge is 0.220 e. The highest BCUT2D eigenvalue weighted by atomic mass is 16.5. The van der Waals surface area contributed by atoms with Gasteiger partial charge in [-0.2, -0.15) is 0 Å². The van der Waals surface area contributed by atoms with Crippen molar-refractivity contribution in [2.75, 3.05) is 7.11 Å². The molecule has 0 radical (unpaired) electrons. The average molecular weight is 317 g/mol. The predicted molar refractivity (Wildman–Crippen MR) is 90.4 cm³/mol. The van der Waals surface area contributed by atoms with E-state index in [1.54, 1.807) is 7.11 Å². The number of ether oxygens (including phenoxy) is 1. The number of methoxy groups -OCH3 is 1. The van der Waals surface area contributed by atoms with Gasteiger partial charge in [0.05, 0.1) is 6.10 Å². The van der Waals surface area contributed by atoms with Crippen molar-refractivity contribution < 1.29 is 14.3 Å². The van der Waals surface area contributed by atoms with Crippen LogP contribution in [-0.2, 0) is 9.53 Å². The molecular formula is C19H27NO3. The number of nitrogens with one attached hydrogen (secondary N) is 1. The second-order valence-electron chi connectivity index (χ2n) is 7.24. The highest BCUT2D eigenvalue weighted by Crippen LogP contribution is 2.28. The zero-order valence-corrected chi connectivity index (χ0v) is 14.3. The number of rotatable bonds is 7. The molecule has 2 rings (SSSR count). The fourth-order valence-corrected chi connectivity index (χ4v) is 3.22. The third-order valence-corrected chi connectivity index (χ3v) is 4.46. The number of ketones is 1. The van der Waals surface area contributed by atoms with Gasteiger partial charge < -0.3 is 10.1 Å². The summed E-state index contributed by atoms with van der Waals surface area (Å²) in [6.07, 6.45) is 3.83. The maximum atomic E-state index is 12.3. The number of carbonyl (C=O) groups excluding carboxylic acids is 2. The van der Waals surface area contributed by atoms with Crippen LogP contribution in [0.4, 0.5) is 0 Å². The lowest BCUT2D eigenvalue weighted by molar-refractivity contribution is -0.123. The Labute approximate surface area is 138 Å². The number of amides is 1. The second-order valence-corrected chi connectivity index (χ2v) is 7.24. The third kappa shape index (κ3) is 5.47. The van der Waals surface area contributed by atoms with Crippen molar-refractivity contribution in [1.29, 1.82) is 0 Å². The van der Waals surface area contributed by atoms with E-state index in [2.05, 4.69) is 5.32 Å². The minimum Gasteiger partial charge on any atom is -0.381 e. The molecule has 0 saturated heterocycles. The van der Waals surface area contributed by atoms with Crippen LogP contribution in [0.1, 0.15) is 56.3 Å². The monoisotopic (exact) mass is 317 g/mol. The molecule has 0 spiro atoms. The van der Waals surface area contributed by atoms with E-state index in [1.807, 2.05) is 44.2 Å². The lowest BCUT2D eigenvalue weighted by atomic mass is 9.82. The summed E-state index contributed by atoms with van der Waals surface area (Å²) in [5, 5.41) is 3.08. The molecule has 1 aromatic carbocycles. The van der Waals surface area contributed by atoms with E-state index < -0.39 is 0 Å². The van der Waals surface area contributed by atoms with Crippen molar-refractivity contribution >= 4 is 11.7 Å². The molecule has 0 aromatic heterocycles. The molecular weight excluding hydrogens is 290 g/mol. The standard InChI is InChI=1S/C19H27NO3/c1-19(2,12-17(21)14-7-5-4-6-8-14)13-18(22)20-15-9-10-16(11-15)23-3/h4-8,15-16H,9-13H2,1-3H3,(H,20,22). The van der Waals surface area contributed by atoms with Crippen LogP contribution >= 0.6 is 0 Å². The summed E-state index contributed by atoms with van der Waals surface area (Å²) in [5.74, 6) is 0.112. The van der Waals surface area contributed by atoms with Crippen molar-refractivity contribution in [3.63, 3.8) is 0 Å². The number of hydrogen-bond acceptors (Lipinski definition) is 3. The van der Waals surface area contributed by atoms with Gasteiger partial charge in [-0.15, -0.1) is 0 Å². The first-order valence-corrected chi connectivity index (χ1v) is 8.30. The largest absolute Gasteiger partial charge is 0.381 e. The summed E-state index contributed by atoms with van der Waals surface area (Å²) in [5.41, 5.74) is 0.357. The minimum absolute atomic E-state index is 0.0256. The van der Waals surface area contributed by atoms with Crippen LogP contribution in [0.15, 0.2) is 30.3 Å². The fourth-order valence-electron chi connectivity index (χ4n) is 3.22. The summed E-state index contributed by atoms with van der Waals surface area (Å²) in [6.45, 7) is 3.94. The van der Waals surface area contributed by atoms with E-state index in [9.17, 15) is 9.59 Å². The van der Waals surface area contributed by atoms with Crippen molar-refractivity contribution in [3.8, 4) is 0 Å². The maximum absolute atomic E-state index is 12.3. The number of benzene rings is 1. The normalized spacial score (nSPS) is 21.2. The van der Waals surface area contributed by atoms with Gasteiger partial charge in [0.1, 0.15) is 0 Å². The summed E-state index contributed by atoms with van der Waals surface area (Å²) >= 11 is 0. The van der Waals surface area contributed by atoms with Gasteiger partial charge in [0.2, 0.25) is 5.91 Å². The van der Waals surface area contributed by atoms with Crippen molar-refractivity contribution in [2.24, 2.45) is 5.41 Å². The molecule has 4 heteroatoms. The van der Waals surface area contributed by atoms with Crippen LogP contribution in [0.25, 0.3) is 0 Å². The Morgan fingerprint density at radius 3 is 2.48 bits per heavy atom. The second kappa shape index (κ2) is 7.73. The van der Waals surface area contributed by atoms with Gasteiger partial charge >= 0.3 is 0 Å². The molecule has 1 amide bonds. The predicted octanol–water partition coefficient (Wildman–Crippen LogP) is 3.36. The third-order valence-electron chi connectivity index (χ3n) is 4.46. The van der Waals surface area contributed by atoms with E-state index in [1.165, 1.54) is 0 Å². The first-order valence-electron chi connectivity index (χ1n) is 8.30. The summed E-state index contributed by atoms with van der Waals surface area (Å²) < 4.78 is 5.33. The van der Waals surface area contributed by atoms with Crippen LogP contribution in [0.3, 0.4) is 0 Å². The molecule has 0 heterocycles. The number of carbonyl (C=O) groups is 2. The summed E-state index contributed by atoms with van der Waals surface area (Å²) in [6, 6.07) is 9.46. The maximum Gasteiger partial charge on any atom is 0.220 e. The van der Waals surface area contributed by atoms with Gasteiger partial charge in [0.15, 0.2) is 5.78 Å². The Morgan fingerprint density at radius 2 is 1.87 bits per heavy atom. The zero-order valence-electron chi connectivity index (χ0n) is 14.3. The molecule has 1 N–H and O–H groups in total. The van der Waals surface area contributed by atoms with Gasteiger partial charge in [0.25, 0.3) is 0 Å². The van der Waals surface area contributed by atoms with Gasteiger partial charge in [-0.05, 0) is 24.7 Å². The zero-order chi connectivity index (χ0) is 16.9. The average Bonchev–Trinajstić information content (AvgIpc) is 2.94. The molecule has 1 aliphatic carbocycles. The number of hydrogen-bond donors (Lipinski definition) is 1. The Balaban J connectivity index is 1.83. The van der Waals surface area contributed by atoms with Crippen LogP contribution in [-0.4, -0.2) is 30.9 Å². The Morgan fingerprint density at radius 1 is 1.17 bits per heavy atom. The molecule has 126 valence electrons. The lowest BCUT2D eigenvalue weighted by Gasteiger charge is -2.24. The van der Waals surface area contributed by atoms with E-state index in [0.717, 1.165) is 19.3 Å². The first kappa shape index (κ1) is 17.7. The quantitative estimate of drug-likeness (QED) is 0.785. The van der Waals surface area contributed by atoms with Crippen LogP contribution in [0.2, 0.25) is 0 Å². The van der Waals surface area contributed by atoms with Gasteiger partial charge in [0, 0.05) is 31.6 Å². The van der Waals surface area contributed by atoms with E-state index >= 15 is 0 Å². The molecule has 0 aliphatic heterocycles. The van der Waals surface area contributed by atoms with E-state index in [0.29, 0.717) is 18.4 Å². The number of Topliss-reactive ketones (excluding diaryl/α,β-unsaturated/α-hetero) is 1. The molecule has 1 aliphatic rings. The Bertz CT molecular complexity index is 539. The highest BCUT2D eigenvalue weighted by Gasteiger charge is 2.29. The highest BCUT2D eigenvalue weighted by molar-refractivity contribution is 5.96. The lowest BCUT2D eigenvalue weighted by Crippen LogP contribution is -2.36. The molecule has 2 unspecified atom stereocenters. The van der Waals surface area contributed by atoms with Crippen LogP contribution in [0, 0.1) is 5.41 Å². The Hall–Kier alpha value is -1.68. The minimum atomic E-state index is -0.351. The van der Waals surface area contributed by atoms with Crippen molar-refractivity contribution in [3.05, 3.63) is 35.9 Å². The molecule has 1 aromatic rings. The molecule has 1 fully saturated rings. The molecule has 1 saturated carbocycles. The molecule has 23 heavy (non-hydrogen) atoms. The van der Waals surface area contributed by atoms with Gasteiger partial charge in [-0.3, -0.25) is 9.59 Å². The summed E-state index contributed by atoms with van der Waals surface area (Å²) in [7, 11) is 1.72. The molecule has 0 bridgehead atoms. The topological polar surface area (TPSA) is 55.4 Å². The first-order chi connectivity index (χ1) is 10.9.